The van der Waals surface area contributed by atoms with E-state index in [0.29, 0.717) is 17.5 Å². The highest BCUT2D eigenvalue weighted by atomic mass is 16.5. The predicted molar refractivity (Wildman–Crippen MR) is 117 cm³/mol. The molecule has 0 aliphatic carbocycles. The van der Waals surface area contributed by atoms with Gasteiger partial charge in [0.2, 0.25) is 0 Å². The molecule has 0 radical (unpaired) electrons. The van der Waals surface area contributed by atoms with Gasteiger partial charge in [0.05, 0.1) is 19.3 Å². The van der Waals surface area contributed by atoms with Gasteiger partial charge in [0.15, 0.2) is 17.2 Å². The summed E-state index contributed by atoms with van der Waals surface area (Å²) < 4.78 is 7.12. The number of aromatic nitrogens is 3. The summed E-state index contributed by atoms with van der Waals surface area (Å²) in [5.41, 5.74) is 1.63. The van der Waals surface area contributed by atoms with Gasteiger partial charge in [0, 0.05) is 32.2 Å². The molecule has 2 fully saturated rings. The molecule has 3 heterocycles. The number of piperidine rings is 2. The van der Waals surface area contributed by atoms with Gasteiger partial charge in [0.1, 0.15) is 0 Å². The van der Waals surface area contributed by atoms with Crippen molar-refractivity contribution in [2.24, 2.45) is 0 Å². The zero-order chi connectivity index (χ0) is 21.8. The number of rotatable bonds is 6. The molecule has 0 saturated carbocycles. The van der Waals surface area contributed by atoms with Crippen LogP contribution in [-0.2, 0) is 6.42 Å². The van der Waals surface area contributed by atoms with Crippen molar-refractivity contribution < 1.29 is 14.6 Å². The number of phenolic OH excluding ortho intramolecular Hbond substituents is 1. The van der Waals surface area contributed by atoms with Crippen molar-refractivity contribution in [2.75, 3.05) is 33.3 Å². The van der Waals surface area contributed by atoms with Crippen LogP contribution in [0.15, 0.2) is 24.4 Å². The van der Waals surface area contributed by atoms with Crippen LogP contribution in [-0.4, -0.2) is 75.1 Å². The Hall–Kier alpha value is -2.61. The van der Waals surface area contributed by atoms with Crippen molar-refractivity contribution in [1.82, 2.24) is 24.8 Å². The van der Waals surface area contributed by atoms with Crippen LogP contribution in [0.3, 0.4) is 0 Å². The summed E-state index contributed by atoms with van der Waals surface area (Å²) in [6.07, 6.45) is 8.07. The third kappa shape index (κ3) is 5.01. The summed E-state index contributed by atoms with van der Waals surface area (Å²) in [6, 6.07) is 6.24. The molecule has 1 N–H and O–H groups in total. The van der Waals surface area contributed by atoms with Crippen LogP contribution in [0.5, 0.6) is 11.5 Å². The zero-order valence-corrected chi connectivity index (χ0v) is 18.5. The van der Waals surface area contributed by atoms with Gasteiger partial charge in [-0.25, -0.2) is 4.68 Å². The topological polar surface area (TPSA) is 83.7 Å². The predicted octanol–water partition coefficient (Wildman–Crippen LogP) is 2.89. The number of hydrogen-bond acceptors (Lipinski definition) is 6. The average Bonchev–Trinajstić information content (AvgIpc) is 3.31. The van der Waals surface area contributed by atoms with Crippen LogP contribution in [0.4, 0.5) is 0 Å². The molecule has 8 heteroatoms. The number of ether oxygens (including phenoxy) is 1. The molecule has 2 aliphatic rings. The minimum absolute atomic E-state index is 0.0151. The lowest BCUT2D eigenvalue weighted by atomic mass is 10.00. The molecule has 2 saturated heterocycles. The van der Waals surface area contributed by atoms with Gasteiger partial charge in [-0.3, -0.25) is 4.79 Å². The van der Waals surface area contributed by atoms with E-state index in [9.17, 15) is 9.90 Å². The highest BCUT2D eigenvalue weighted by Gasteiger charge is 2.27. The van der Waals surface area contributed by atoms with E-state index in [0.717, 1.165) is 63.8 Å². The molecule has 2 aliphatic heterocycles. The van der Waals surface area contributed by atoms with Gasteiger partial charge >= 0.3 is 0 Å². The minimum atomic E-state index is 0.0151. The summed E-state index contributed by atoms with van der Waals surface area (Å²) in [5, 5.41) is 18.3. The fraction of sp³-hybridized carbons (Fsp3) is 0.609. The van der Waals surface area contributed by atoms with Crippen molar-refractivity contribution >= 4 is 5.91 Å². The van der Waals surface area contributed by atoms with E-state index in [1.807, 2.05) is 27.9 Å². The first kappa shape index (κ1) is 21.6. The number of likely N-dealkylation sites (tertiary alicyclic amines) is 2. The van der Waals surface area contributed by atoms with Gasteiger partial charge in [-0.15, -0.1) is 5.10 Å². The maximum Gasteiger partial charge on any atom is 0.276 e. The Morgan fingerprint density at radius 1 is 1.19 bits per heavy atom. The van der Waals surface area contributed by atoms with Crippen molar-refractivity contribution in [3.8, 4) is 11.5 Å². The van der Waals surface area contributed by atoms with Crippen molar-refractivity contribution in [1.29, 1.82) is 0 Å². The molecular formula is C23H33N5O3. The first-order chi connectivity index (χ1) is 15.0. The Morgan fingerprint density at radius 2 is 1.94 bits per heavy atom. The Labute approximate surface area is 183 Å². The number of benzene rings is 1. The fourth-order valence-corrected chi connectivity index (χ4v) is 4.72. The van der Waals surface area contributed by atoms with E-state index in [-0.39, 0.29) is 17.7 Å². The number of phenols is 1. The SMILES string of the molecule is COc1cc(CC(C)N2CCC(n3cc(C(=O)N4CCCCC4)nn3)CC2)ccc1O. The first-order valence-corrected chi connectivity index (χ1v) is 11.4. The standard InChI is InChI=1S/C23H33N5O3/c1-17(14-18-6-7-21(29)22(15-18)31-2)26-12-8-19(9-13-26)28-16-20(24-25-28)23(30)27-10-4-3-5-11-27/h6-7,15-17,19,29H,3-5,8-14H2,1-2H3. The number of carbonyl (C=O) groups excluding carboxylic acids is 1. The maximum absolute atomic E-state index is 12.7. The van der Waals surface area contributed by atoms with Crippen molar-refractivity contribution in [2.45, 2.75) is 57.5 Å². The quantitative estimate of drug-likeness (QED) is 0.763. The Bertz CT molecular complexity index is 885. The van der Waals surface area contributed by atoms with Crippen LogP contribution in [0.2, 0.25) is 0 Å². The Kier molecular flexibility index (Phi) is 6.75. The van der Waals surface area contributed by atoms with E-state index in [4.69, 9.17) is 4.74 Å². The second kappa shape index (κ2) is 9.68. The van der Waals surface area contributed by atoms with Crippen LogP contribution < -0.4 is 4.74 Å². The highest BCUT2D eigenvalue weighted by Crippen LogP contribution is 2.28. The number of hydrogen-bond donors (Lipinski definition) is 1. The number of methoxy groups -OCH3 is 1. The van der Waals surface area contributed by atoms with E-state index in [2.05, 4.69) is 22.1 Å². The molecule has 1 unspecified atom stereocenters. The summed E-state index contributed by atoms with van der Waals surface area (Å²) in [7, 11) is 1.57. The molecule has 8 nitrogen and oxygen atoms in total. The largest absolute Gasteiger partial charge is 0.504 e. The number of carbonyl (C=O) groups is 1. The molecule has 1 aromatic heterocycles. The molecule has 168 valence electrons. The number of nitrogens with zero attached hydrogens (tertiary/aromatic N) is 5. The fourth-order valence-electron chi connectivity index (χ4n) is 4.72. The van der Waals surface area contributed by atoms with E-state index < -0.39 is 0 Å². The Balaban J connectivity index is 1.30. The Morgan fingerprint density at radius 3 is 2.65 bits per heavy atom. The van der Waals surface area contributed by atoms with E-state index in [1.165, 1.54) is 6.42 Å². The monoisotopic (exact) mass is 427 g/mol. The van der Waals surface area contributed by atoms with Gasteiger partial charge in [-0.05, 0) is 63.1 Å². The van der Waals surface area contributed by atoms with E-state index in [1.54, 1.807) is 13.2 Å². The van der Waals surface area contributed by atoms with Gasteiger partial charge in [-0.2, -0.15) is 0 Å². The van der Waals surface area contributed by atoms with Crippen LogP contribution in [0, 0.1) is 0 Å². The second-order valence-corrected chi connectivity index (χ2v) is 8.76. The molecule has 2 aromatic rings. The molecule has 1 aromatic carbocycles. The zero-order valence-electron chi connectivity index (χ0n) is 18.5. The normalized spacial score (nSPS) is 19.4. The van der Waals surface area contributed by atoms with Crippen LogP contribution in [0.1, 0.15) is 61.1 Å². The van der Waals surface area contributed by atoms with Gasteiger partial charge in [0.25, 0.3) is 5.91 Å². The van der Waals surface area contributed by atoms with Crippen LogP contribution >= 0.6 is 0 Å². The molecule has 0 spiro atoms. The average molecular weight is 428 g/mol. The van der Waals surface area contributed by atoms with E-state index >= 15 is 0 Å². The minimum Gasteiger partial charge on any atom is -0.504 e. The lowest BCUT2D eigenvalue weighted by Crippen LogP contribution is -2.41. The third-order valence-corrected chi connectivity index (χ3v) is 6.64. The van der Waals surface area contributed by atoms with Gasteiger partial charge in [-0.1, -0.05) is 11.3 Å². The number of amides is 1. The first-order valence-electron chi connectivity index (χ1n) is 11.4. The number of aromatic hydroxyl groups is 1. The molecule has 31 heavy (non-hydrogen) atoms. The maximum atomic E-state index is 12.7. The van der Waals surface area contributed by atoms with Crippen molar-refractivity contribution in [3.63, 3.8) is 0 Å². The molecule has 1 atom stereocenters. The highest BCUT2D eigenvalue weighted by molar-refractivity contribution is 5.91. The summed E-state index contributed by atoms with van der Waals surface area (Å²) in [4.78, 5) is 17.1. The summed E-state index contributed by atoms with van der Waals surface area (Å²) in [6.45, 7) is 5.86. The molecule has 0 bridgehead atoms. The van der Waals surface area contributed by atoms with Crippen LogP contribution in [0.25, 0.3) is 0 Å². The summed E-state index contributed by atoms with van der Waals surface area (Å²) in [5.74, 6) is 0.705. The summed E-state index contributed by atoms with van der Waals surface area (Å²) >= 11 is 0. The molecule has 4 rings (SSSR count). The molecule has 1 amide bonds. The smallest absolute Gasteiger partial charge is 0.276 e. The lowest BCUT2D eigenvalue weighted by Gasteiger charge is -2.36. The third-order valence-electron chi connectivity index (χ3n) is 6.64. The van der Waals surface area contributed by atoms with Crippen molar-refractivity contribution in [3.05, 3.63) is 35.7 Å². The van der Waals surface area contributed by atoms with Gasteiger partial charge < -0.3 is 19.6 Å². The lowest BCUT2D eigenvalue weighted by molar-refractivity contribution is 0.0718. The second-order valence-electron chi connectivity index (χ2n) is 8.76. The molecular weight excluding hydrogens is 394 g/mol.